The van der Waals surface area contributed by atoms with Crippen LogP contribution in [0.3, 0.4) is 0 Å². The summed E-state index contributed by atoms with van der Waals surface area (Å²) in [5, 5.41) is 3.54. The minimum Gasteiger partial charge on any atom is -0.354 e. The first-order chi connectivity index (χ1) is 15.9. The SMILES string of the molecule is Cc1ccc([C@]2(C)NC(=O)N(CC(=O)c3c(-c4ccccc4)[nH]c4ccccc34)C2=O)cc1. The van der Waals surface area contributed by atoms with Gasteiger partial charge in [-0.15, -0.1) is 0 Å². The maximum Gasteiger partial charge on any atom is 0.325 e. The number of fused-ring (bicyclic) bond motifs is 1. The summed E-state index contributed by atoms with van der Waals surface area (Å²) < 4.78 is 0. The number of imide groups is 1. The topological polar surface area (TPSA) is 82.3 Å². The molecule has 2 heterocycles. The Kier molecular flexibility index (Phi) is 4.86. The van der Waals surface area contributed by atoms with Crippen LogP contribution in [-0.4, -0.2) is 34.2 Å². The van der Waals surface area contributed by atoms with Gasteiger partial charge in [-0.1, -0.05) is 78.4 Å². The van der Waals surface area contributed by atoms with E-state index >= 15 is 0 Å². The maximum absolute atomic E-state index is 13.6. The van der Waals surface area contributed by atoms with E-state index in [0.717, 1.165) is 26.9 Å². The third kappa shape index (κ3) is 3.40. The summed E-state index contributed by atoms with van der Waals surface area (Å²) in [6.07, 6.45) is 0. The molecule has 0 spiro atoms. The number of H-pyrrole nitrogens is 1. The second-order valence-electron chi connectivity index (χ2n) is 8.52. The molecular formula is C27H23N3O3. The normalized spacial score (nSPS) is 18.1. The lowest BCUT2D eigenvalue weighted by atomic mass is 9.91. The molecule has 0 aliphatic carbocycles. The van der Waals surface area contributed by atoms with E-state index in [4.69, 9.17) is 0 Å². The number of nitrogens with one attached hydrogen (secondary N) is 2. The number of urea groups is 1. The average molecular weight is 437 g/mol. The number of benzene rings is 3. The van der Waals surface area contributed by atoms with E-state index in [9.17, 15) is 14.4 Å². The van der Waals surface area contributed by atoms with Gasteiger partial charge in [-0.25, -0.2) is 4.79 Å². The summed E-state index contributed by atoms with van der Waals surface area (Å²) >= 11 is 0. The molecule has 164 valence electrons. The number of aryl methyl sites for hydroxylation is 1. The lowest BCUT2D eigenvalue weighted by Crippen LogP contribution is -2.41. The fraction of sp³-hybridized carbons (Fsp3) is 0.148. The smallest absolute Gasteiger partial charge is 0.325 e. The molecule has 6 nitrogen and oxygen atoms in total. The second kappa shape index (κ2) is 7.74. The van der Waals surface area contributed by atoms with E-state index in [2.05, 4.69) is 10.3 Å². The van der Waals surface area contributed by atoms with Gasteiger partial charge in [-0.2, -0.15) is 0 Å². The van der Waals surface area contributed by atoms with Crippen molar-refractivity contribution >= 4 is 28.6 Å². The molecule has 3 amide bonds. The van der Waals surface area contributed by atoms with Crippen molar-refractivity contribution in [3.05, 3.63) is 95.6 Å². The van der Waals surface area contributed by atoms with Crippen LogP contribution in [0.1, 0.15) is 28.4 Å². The molecule has 5 rings (SSSR count). The lowest BCUT2D eigenvalue weighted by Gasteiger charge is -2.22. The zero-order valence-electron chi connectivity index (χ0n) is 18.4. The van der Waals surface area contributed by atoms with Crippen LogP contribution in [0, 0.1) is 6.92 Å². The van der Waals surface area contributed by atoms with E-state index < -0.39 is 17.5 Å². The average Bonchev–Trinajstić information content (AvgIpc) is 3.31. The molecule has 1 fully saturated rings. The molecular weight excluding hydrogens is 414 g/mol. The van der Waals surface area contributed by atoms with Crippen LogP contribution in [0.25, 0.3) is 22.2 Å². The summed E-state index contributed by atoms with van der Waals surface area (Å²) in [6.45, 7) is 3.29. The Morgan fingerprint density at radius 1 is 0.909 bits per heavy atom. The minimum atomic E-state index is -1.21. The van der Waals surface area contributed by atoms with Crippen molar-refractivity contribution < 1.29 is 14.4 Å². The Balaban J connectivity index is 1.51. The van der Waals surface area contributed by atoms with Crippen LogP contribution in [0.15, 0.2) is 78.9 Å². The predicted molar refractivity (Wildman–Crippen MR) is 127 cm³/mol. The number of hydrogen-bond acceptors (Lipinski definition) is 3. The van der Waals surface area contributed by atoms with Gasteiger partial charge in [0.15, 0.2) is 5.78 Å². The molecule has 1 saturated heterocycles. The maximum atomic E-state index is 13.6. The third-order valence-electron chi connectivity index (χ3n) is 6.25. The summed E-state index contributed by atoms with van der Waals surface area (Å²) in [5.74, 6) is -0.742. The number of carbonyl (C=O) groups excluding carboxylic acids is 3. The number of hydrogen-bond donors (Lipinski definition) is 2. The zero-order valence-corrected chi connectivity index (χ0v) is 18.4. The first kappa shape index (κ1) is 20.7. The lowest BCUT2D eigenvalue weighted by molar-refractivity contribution is -0.130. The van der Waals surface area contributed by atoms with E-state index in [1.54, 1.807) is 6.92 Å². The zero-order chi connectivity index (χ0) is 23.2. The fourth-order valence-electron chi connectivity index (χ4n) is 4.40. The minimum absolute atomic E-state index is 0.303. The van der Waals surface area contributed by atoms with Crippen molar-refractivity contribution in [2.24, 2.45) is 0 Å². The van der Waals surface area contributed by atoms with Crippen molar-refractivity contribution in [2.45, 2.75) is 19.4 Å². The highest BCUT2D eigenvalue weighted by Crippen LogP contribution is 2.33. The Bertz CT molecular complexity index is 1390. The standard InChI is InChI=1S/C27H23N3O3/c1-17-12-14-19(15-13-17)27(2)25(32)30(26(33)29-27)16-22(31)23-20-10-6-7-11-21(20)28-24(23)18-8-4-3-5-9-18/h3-15,28H,16H2,1-2H3,(H,29,33)/t27-/m0/s1. The molecule has 0 saturated carbocycles. The molecule has 1 atom stereocenters. The van der Waals surface area contributed by atoms with Crippen molar-refractivity contribution in [3.63, 3.8) is 0 Å². The third-order valence-corrected chi connectivity index (χ3v) is 6.25. The summed E-state index contributed by atoms with van der Waals surface area (Å²) in [4.78, 5) is 44.0. The highest BCUT2D eigenvalue weighted by Gasteiger charge is 2.49. The number of para-hydroxylation sites is 1. The number of ketones is 1. The number of nitrogens with zero attached hydrogens (tertiary/aromatic N) is 1. The van der Waals surface area contributed by atoms with Gasteiger partial charge >= 0.3 is 6.03 Å². The fourth-order valence-corrected chi connectivity index (χ4v) is 4.40. The van der Waals surface area contributed by atoms with Crippen molar-refractivity contribution in [3.8, 4) is 11.3 Å². The first-order valence-corrected chi connectivity index (χ1v) is 10.8. The molecule has 0 bridgehead atoms. The molecule has 1 aliphatic heterocycles. The van der Waals surface area contributed by atoms with Crippen LogP contribution in [0.2, 0.25) is 0 Å². The first-order valence-electron chi connectivity index (χ1n) is 10.8. The van der Waals surface area contributed by atoms with Crippen LogP contribution >= 0.6 is 0 Å². The number of amides is 3. The van der Waals surface area contributed by atoms with Gasteiger partial charge in [0.1, 0.15) is 5.54 Å². The molecule has 1 aromatic heterocycles. The molecule has 6 heteroatoms. The van der Waals surface area contributed by atoms with E-state index in [-0.39, 0.29) is 12.3 Å². The van der Waals surface area contributed by atoms with Gasteiger partial charge in [-0.05, 0) is 31.0 Å². The summed E-state index contributed by atoms with van der Waals surface area (Å²) in [5.41, 5.74) is 3.35. The van der Waals surface area contributed by atoms with Gasteiger partial charge in [0, 0.05) is 10.9 Å². The van der Waals surface area contributed by atoms with Gasteiger partial charge in [-0.3, -0.25) is 14.5 Å². The largest absolute Gasteiger partial charge is 0.354 e. The Morgan fingerprint density at radius 2 is 1.58 bits per heavy atom. The number of rotatable bonds is 5. The molecule has 4 aromatic rings. The Labute approximate surface area is 191 Å². The van der Waals surface area contributed by atoms with Crippen LogP contribution in [0.4, 0.5) is 4.79 Å². The Morgan fingerprint density at radius 3 is 2.30 bits per heavy atom. The highest BCUT2D eigenvalue weighted by molar-refractivity contribution is 6.17. The second-order valence-corrected chi connectivity index (χ2v) is 8.52. The monoisotopic (exact) mass is 437 g/mol. The van der Waals surface area contributed by atoms with Crippen LogP contribution in [-0.2, 0) is 10.3 Å². The van der Waals surface area contributed by atoms with E-state index in [1.807, 2.05) is 85.8 Å². The number of aromatic amines is 1. The van der Waals surface area contributed by atoms with Crippen molar-refractivity contribution in [2.75, 3.05) is 6.54 Å². The van der Waals surface area contributed by atoms with Crippen molar-refractivity contribution in [1.29, 1.82) is 0 Å². The molecule has 0 radical (unpaired) electrons. The summed E-state index contributed by atoms with van der Waals surface area (Å²) in [6, 6.07) is 24.0. The molecule has 0 unspecified atom stereocenters. The van der Waals surface area contributed by atoms with Gasteiger partial charge < -0.3 is 10.3 Å². The highest BCUT2D eigenvalue weighted by atomic mass is 16.2. The quantitative estimate of drug-likeness (QED) is 0.348. The molecule has 1 aliphatic rings. The van der Waals surface area contributed by atoms with Gasteiger partial charge in [0.25, 0.3) is 5.91 Å². The number of aromatic nitrogens is 1. The van der Waals surface area contributed by atoms with E-state index in [0.29, 0.717) is 16.8 Å². The van der Waals surface area contributed by atoms with Crippen LogP contribution in [0.5, 0.6) is 0 Å². The molecule has 3 aromatic carbocycles. The van der Waals surface area contributed by atoms with Gasteiger partial charge in [0.05, 0.1) is 17.8 Å². The van der Waals surface area contributed by atoms with Gasteiger partial charge in [0.2, 0.25) is 0 Å². The van der Waals surface area contributed by atoms with Crippen LogP contribution < -0.4 is 5.32 Å². The molecule has 33 heavy (non-hydrogen) atoms. The number of Topliss-reactive ketones (excluding diaryl/α,β-unsaturated/α-hetero) is 1. The Hall–Kier alpha value is -4.19. The number of carbonyl (C=O) groups is 3. The molecule has 2 N–H and O–H groups in total. The van der Waals surface area contributed by atoms with Crippen molar-refractivity contribution in [1.82, 2.24) is 15.2 Å². The summed E-state index contributed by atoms with van der Waals surface area (Å²) in [7, 11) is 0. The van der Waals surface area contributed by atoms with E-state index in [1.165, 1.54) is 0 Å². The predicted octanol–water partition coefficient (Wildman–Crippen LogP) is 4.79.